The third-order valence-electron chi connectivity index (χ3n) is 5.30. The number of piperazine rings is 1. The van der Waals surface area contributed by atoms with Gasteiger partial charge in [0.2, 0.25) is 0 Å². The van der Waals surface area contributed by atoms with Crippen LogP contribution < -0.4 is 10.2 Å². The van der Waals surface area contributed by atoms with Gasteiger partial charge in [-0.05, 0) is 45.2 Å². The van der Waals surface area contributed by atoms with E-state index in [-0.39, 0.29) is 6.03 Å². The molecule has 1 aromatic heterocycles. The Morgan fingerprint density at radius 2 is 1.71 bits per heavy atom. The van der Waals surface area contributed by atoms with E-state index in [0.29, 0.717) is 19.0 Å². The zero-order valence-corrected chi connectivity index (χ0v) is 17.8. The summed E-state index contributed by atoms with van der Waals surface area (Å²) in [6, 6.07) is 6.04. The Balaban J connectivity index is 1.69. The van der Waals surface area contributed by atoms with Gasteiger partial charge in [0.15, 0.2) is 0 Å². The van der Waals surface area contributed by atoms with Gasteiger partial charge in [0.25, 0.3) is 0 Å². The van der Waals surface area contributed by atoms with E-state index in [1.807, 2.05) is 30.9 Å². The summed E-state index contributed by atoms with van der Waals surface area (Å²) in [7, 11) is 0. The van der Waals surface area contributed by atoms with Crippen LogP contribution in [0.1, 0.15) is 48.0 Å². The van der Waals surface area contributed by atoms with Crippen molar-refractivity contribution >= 4 is 17.5 Å². The van der Waals surface area contributed by atoms with Crippen LogP contribution in [0.4, 0.5) is 16.3 Å². The normalized spacial score (nSPS) is 14.5. The van der Waals surface area contributed by atoms with Crippen molar-refractivity contribution in [2.45, 2.75) is 47.5 Å². The highest BCUT2D eigenvalue weighted by Gasteiger charge is 2.25. The Kier molecular flexibility index (Phi) is 5.87. The molecule has 0 bridgehead atoms. The largest absolute Gasteiger partial charge is 0.353 e. The number of aromatic nitrogens is 2. The van der Waals surface area contributed by atoms with E-state index in [2.05, 4.69) is 49.0 Å². The van der Waals surface area contributed by atoms with E-state index in [1.165, 1.54) is 11.1 Å². The highest BCUT2D eigenvalue weighted by molar-refractivity contribution is 5.90. The topological polar surface area (TPSA) is 61.4 Å². The molecule has 1 aliphatic heterocycles. The van der Waals surface area contributed by atoms with Crippen molar-refractivity contribution in [3.8, 4) is 0 Å². The number of amides is 2. The summed E-state index contributed by atoms with van der Waals surface area (Å²) in [6.07, 6.45) is 0. The number of nitrogens with one attached hydrogen (secondary N) is 1. The van der Waals surface area contributed by atoms with Crippen LogP contribution in [0.15, 0.2) is 18.2 Å². The minimum atomic E-state index is -0.0364. The number of carbonyl (C=O) groups excluding carboxylic acids is 1. The Morgan fingerprint density at radius 1 is 1.04 bits per heavy atom. The first-order valence-corrected chi connectivity index (χ1v) is 9.99. The van der Waals surface area contributed by atoms with Crippen LogP contribution in [-0.2, 0) is 0 Å². The van der Waals surface area contributed by atoms with Gasteiger partial charge in [-0.15, -0.1) is 0 Å². The zero-order chi connectivity index (χ0) is 20.4. The lowest BCUT2D eigenvalue weighted by atomic mass is 10.0. The van der Waals surface area contributed by atoms with Crippen molar-refractivity contribution in [3.05, 3.63) is 46.4 Å². The predicted molar refractivity (Wildman–Crippen MR) is 114 cm³/mol. The number of benzene rings is 1. The van der Waals surface area contributed by atoms with Crippen LogP contribution in [0.2, 0.25) is 0 Å². The molecular formula is C22H31N5O. The fourth-order valence-corrected chi connectivity index (χ4v) is 3.89. The summed E-state index contributed by atoms with van der Waals surface area (Å²) >= 11 is 0. The molecule has 2 aromatic rings. The molecule has 1 fully saturated rings. The van der Waals surface area contributed by atoms with Gasteiger partial charge in [0.1, 0.15) is 11.6 Å². The van der Waals surface area contributed by atoms with E-state index >= 15 is 0 Å². The maximum absolute atomic E-state index is 12.7. The van der Waals surface area contributed by atoms with E-state index in [0.717, 1.165) is 41.7 Å². The predicted octanol–water partition coefficient (Wildman–Crippen LogP) is 4.19. The molecular weight excluding hydrogens is 350 g/mol. The second-order valence-electron chi connectivity index (χ2n) is 7.97. The molecule has 1 aromatic carbocycles. The number of hydrogen-bond acceptors (Lipinski definition) is 4. The number of aryl methyl sites for hydroxylation is 4. The van der Waals surface area contributed by atoms with Crippen molar-refractivity contribution in [3.63, 3.8) is 0 Å². The second kappa shape index (κ2) is 8.17. The standard InChI is InChI=1S/C22H31N5O/c1-14(2)20-17(5)23-18(6)24-21(20)26-9-11-27(12-10-26)22(28)25-19-8-7-15(3)13-16(19)4/h7-8,13-14H,9-12H2,1-6H3,(H,25,28). The average Bonchev–Trinajstić information content (AvgIpc) is 2.63. The molecule has 6 nitrogen and oxygen atoms in total. The number of carbonyl (C=O) groups is 1. The van der Waals surface area contributed by atoms with Gasteiger partial charge in [-0.3, -0.25) is 0 Å². The van der Waals surface area contributed by atoms with E-state index in [1.54, 1.807) is 0 Å². The molecule has 0 unspecified atom stereocenters. The lowest BCUT2D eigenvalue weighted by Gasteiger charge is -2.37. The molecule has 1 saturated heterocycles. The number of nitrogens with zero attached hydrogens (tertiary/aromatic N) is 4. The maximum Gasteiger partial charge on any atom is 0.321 e. The van der Waals surface area contributed by atoms with Gasteiger partial charge in [-0.25, -0.2) is 14.8 Å². The quantitative estimate of drug-likeness (QED) is 0.866. The molecule has 6 heteroatoms. The molecule has 3 rings (SSSR count). The Morgan fingerprint density at radius 3 is 2.32 bits per heavy atom. The monoisotopic (exact) mass is 381 g/mol. The third-order valence-corrected chi connectivity index (χ3v) is 5.30. The molecule has 150 valence electrons. The minimum absolute atomic E-state index is 0.0364. The van der Waals surface area contributed by atoms with E-state index < -0.39 is 0 Å². The molecule has 0 atom stereocenters. The fourth-order valence-electron chi connectivity index (χ4n) is 3.89. The highest BCUT2D eigenvalue weighted by atomic mass is 16.2. The van der Waals surface area contributed by atoms with Crippen molar-refractivity contribution in [1.29, 1.82) is 0 Å². The maximum atomic E-state index is 12.7. The Bertz CT molecular complexity index is 869. The van der Waals surface area contributed by atoms with Crippen LogP contribution in [0.5, 0.6) is 0 Å². The molecule has 0 aliphatic carbocycles. The Hall–Kier alpha value is -2.63. The summed E-state index contributed by atoms with van der Waals surface area (Å²) in [6.45, 7) is 15.3. The first kappa shape index (κ1) is 20.1. The summed E-state index contributed by atoms with van der Waals surface area (Å²) in [4.78, 5) is 26.1. The molecule has 28 heavy (non-hydrogen) atoms. The van der Waals surface area contributed by atoms with Crippen LogP contribution in [-0.4, -0.2) is 47.1 Å². The first-order valence-electron chi connectivity index (χ1n) is 9.99. The Labute approximate surface area is 168 Å². The van der Waals surface area contributed by atoms with Gasteiger partial charge >= 0.3 is 6.03 Å². The highest BCUT2D eigenvalue weighted by Crippen LogP contribution is 2.29. The summed E-state index contributed by atoms with van der Waals surface area (Å²) in [5, 5.41) is 3.05. The third kappa shape index (κ3) is 4.26. The molecule has 1 aliphatic rings. The lowest BCUT2D eigenvalue weighted by Crippen LogP contribution is -2.50. The smallest absolute Gasteiger partial charge is 0.321 e. The van der Waals surface area contributed by atoms with E-state index in [9.17, 15) is 4.79 Å². The van der Waals surface area contributed by atoms with Crippen molar-refractivity contribution < 1.29 is 4.79 Å². The van der Waals surface area contributed by atoms with Crippen LogP contribution in [0.25, 0.3) is 0 Å². The number of urea groups is 1. The van der Waals surface area contributed by atoms with Crippen LogP contribution in [0.3, 0.4) is 0 Å². The van der Waals surface area contributed by atoms with Crippen LogP contribution in [0, 0.1) is 27.7 Å². The van der Waals surface area contributed by atoms with Gasteiger partial charge < -0.3 is 15.1 Å². The molecule has 0 spiro atoms. The SMILES string of the molecule is Cc1ccc(NC(=O)N2CCN(c3nc(C)nc(C)c3C(C)C)CC2)c(C)c1. The fraction of sp³-hybridized carbons (Fsp3) is 0.500. The van der Waals surface area contributed by atoms with Gasteiger partial charge in [0, 0.05) is 43.1 Å². The zero-order valence-electron chi connectivity index (χ0n) is 17.8. The average molecular weight is 382 g/mol. The molecule has 2 heterocycles. The second-order valence-corrected chi connectivity index (χ2v) is 7.97. The molecule has 1 N–H and O–H groups in total. The minimum Gasteiger partial charge on any atom is -0.353 e. The van der Waals surface area contributed by atoms with Crippen LogP contribution >= 0.6 is 0 Å². The van der Waals surface area contributed by atoms with Crippen molar-refractivity contribution in [2.75, 3.05) is 36.4 Å². The summed E-state index contributed by atoms with van der Waals surface area (Å²) in [5.41, 5.74) is 5.41. The lowest BCUT2D eigenvalue weighted by molar-refractivity contribution is 0.208. The molecule has 0 radical (unpaired) electrons. The van der Waals surface area contributed by atoms with Gasteiger partial charge in [0.05, 0.1) is 0 Å². The number of hydrogen-bond donors (Lipinski definition) is 1. The van der Waals surface area contributed by atoms with Crippen molar-refractivity contribution in [2.24, 2.45) is 0 Å². The van der Waals surface area contributed by atoms with Crippen molar-refractivity contribution in [1.82, 2.24) is 14.9 Å². The van der Waals surface area contributed by atoms with E-state index in [4.69, 9.17) is 4.98 Å². The summed E-state index contributed by atoms with van der Waals surface area (Å²) in [5.74, 6) is 2.18. The first-order chi connectivity index (χ1) is 13.3. The number of anilines is 2. The van der Waals surface area contributed by atoms with Gasteiger partial charge in [-0.1, -0.05) is 31.5 Å². The number of rotatable bonds is 3. The molecule has 0 saturated carbocycles. The molecule has 2 amide bonds. The van der Waals surface area contributed by atoms with Gasteiger partial charge in [-0.2, -0.15) is 0 Å². The summed E-state index contributed by atoms with van der Waals surface area (Å²) < 4.78 is 0.